The molecule has 4 aromatic rings. The average molecular weight is 663 g/mol. The van der Waals surface area contributed by atoms with Crippen molar-refractivity contribution < 1.29 is 32.7 Å². The molecule has 0 radical (unpaired) electrons. The fourth-order valence-corrected chi connectivity index (χ4v) is 6.22. The molecule has 244 valence electrons. The zero-order valence-corrected chi connectivity index (χ0v) is 26.4. The number of aliphatic carboxylic acids is 1. The Balaban J connectivity index is 1.40. The maximum absolute atomic E-state index is 14.5. The van der Waals surface area contributed by atoms with E-state index in [9.17, 15) is 27.6 Å². The van der Waals surface area contributed by atoms with Gasteiger partial charge in [-0.05, 0) is 88.2 Å². The molecule has 0 saturated heterocycles. The monoisotopic (exact) mass is 662 g/mol. The van der Waals surface area contributed by atoms with E-state index in [1.807, 2.05) is 47.4 Å². The lowest BCUT2D eigenvalue weighted by atomic mass is 9.77. The first-order chi connectivity index (χ1) is 22.4. The largest absolute Gasteiger partial charge is 0.481 e. The van der Waals surface area contributed by atoms with Gasteiger partial charge in [0.05, 0.1) is 17.9 Å². The molecule has 0 aromatic heterocycles. The van der Waals surface area contributed by atoms with Crippen LogP contribution in [-0.4, -0.2) is 34.3 Å². The number of benzene rings is 4. The Morgan fingerprint density at radius 1 is 0.851 bits per heavy atom. The van der Waals surface area contributed by atoms with Crippen molar-refractivity contribution in [3.05, 3.63) is 129 Å². The van der Waals surface area contributed by atoms with E-state index in [1.165, 1.54) is 12.1 Å². The highest BCUT2D eigenvalue weighted by Crippen LogP contribution is 2.41. The van der Waals surface area contributed by atoms with Crippen LogP contribution in [0, 0.1) is 0 Å². The molecule has 2 atom stereocenters. The third-order valence-electron chi connectivity index (χ3n) is 8.51. The summed E-state index contributed by atoms with van der Waals surface area (Å²) in [5.41, 5.74) is 4.75. The van der Waals surface area contributed by atoms with Crippen LogP contribution in [0.4, 0.5) is 13.2 Å². The van der Waals surface area contributed by atoms with Crippen molar-refractivity contribution in [1.82, 2.24) is 10.2 Å². The standard InChI is InChI=1S/C37H34ClF3N2O4/c1-2-3-32(24-4-6-26(7-5-24)35(46)42-19-18-33(44)45)34(25-12-16-31(38)17-13-25)36(47)43-21-28-9-8-27(20-29(28)22-43)23-10-14-30(15-11-23)37(39,40)41/h4-17,20,32,34H,2-3,18-19,21-22H2,1H3,(H,42,46)(H,44,45). The van der Waals surface area contributed by atoms with Gasteiger partial charge in [-0.15, -0.1) is 0 Å². The van der Waals surface area contributed by atoms with Crippen molar-refractivity contribution in [3.63, 3.8) is 0 Å². The molecule has 47 heavy (non-hydrogen) atoms. The lowest BCUT2D eigenvalue weighted by Gasteiger charge is -2.31. The zero-order chi connectivity index (χ0) is 33.7. The van der Waals surface area contributed by atoms with E-state index in [-0.39, 0.29) is 30.7 Å². The van der Waals surface area contributed by atoms with E-state index in [1.54, 1.807) is 24.3 Å². The van der Waals surface area contributed by atoms with Crippen LogP contribution in [0.5, 0.6) is 0 Å². The number of rotatable bonds is 11. The number of hydrogen-bond acceptors (Lipinski definition) is 3. The average Bonchev–Trinajstić information content (AvgIpc) is 3.48. The number of carbonyl (C=O) groups excluding carboxylic acids is 2. The van der Waals surface area contributed by atoms with Gasteiger partial charge < -0.3 is 15.3 Å². The number of nitrogens with one attached hydrogen (secondary N) is 1. The van der Waals surface area contributed by atoms with Crippen LogP contribution in [0.25, 0.3) is 11.1 Å². The fourth-order valence-electron chi connectivity index (χ4n) is 6.10. The lowest BCUT2D eigenvalue weighted by molar-refractivity contribution is -0.138. The molecule has 2 N–H and O–H groups in total. The number of carboxylic acids is 1. The molecular formula is C37H34ClF3N2O4. The van der Waals surface area contributed by atoms with E-state index in [2.05, 4.69) is 12.2 Å². The van der Waals surface area contributed by atoms with Crippen LogP contribution in [-0.2, 0) is 28.9 Å². The minimum atomic E-state index is -4.41. The number of amides is 2. The lowest BCUT2D eigenvalue weighted by Crippen LogP contribution is -2.34. The van der Waals surface area contributed by atoms with Crippen LogP contribution in [0.15, 0.2) is 91.0 Å². The van der Waals surface area contributed by atoms with Crippen molar-refractivity contribution in [2.24, 2.45) is 0 Å². The summed E-state index contributed by atoms with van der Waals surface area (Å²) in [5.74, 6) is -2.20. The third-order valence-corrected chi connectivity index (χ3v) is 8.76. The summed E-state index contributed by atoms with van der Waals surface area (Å²) < 4.78 is 39.2. The minimum absolute atomic E-state index is 0.0194. The molecule has 0 aliphatic carbocycles. The third kappa shape index (κ3) is 8.03. The molecule has 0 fully saturated rings. The number of fused-ring (bicyclic) bond motifs is 1. The second kappa shape index (κ2) is 14.4. The Kier molecular flexibility index (Phi) is 10.3. The van der Waals surface area contributed by atoms with Crippen molar-refractivity contribution >= 4 is 29.4 Å². The highest BCUT2D eigenvalue weighted by atomic mass is 35.5. The van der Waals surface area contributed by atoms with Gasteiger partial charge in [0.15, 0.2) is 0 Å². The topological polar surface area (TPSA) is 86.7 Å². The van der Waals surface area contributed by atoms with Gasteiger partial charge in [-0.3, -0.25) is 14.4 Å². The van der Waals surface area contributed by atoms with Gasteiger partial charge in [-0.2, -0.15) is 13.2 Å². The highest BCUT2D eigenvalue weighted by Gasteiger charge is 2.36. The molecule has 2 unspecified atom stereocenters. The number of hydrogen-bond donors (Lipinski definition) is 2. The predicted octanol–water partition coefficient (Wildman–Crippen LogP) is 8.44. The summed E-state index contributed by atoms with van der Waals surface area (Å²) in [6.45, 7) is 2.83. The van der Waals surface area contributed by atoms with Crippen LogP contribution in [0.1, 0.15) is 76.2 Å². The van der Waals surface area contributed by atoms with Gasteiger partial charge in [0.25, 0.3) is 5.91 Å². The number of alkyl halides is 3. The summed E-state index contributed by atoms with van der Waals surface area (Å²) in [6, 6.07) is 25.1. The first-order valence-corrected chi connectivity index (χ1v) is 15.8. The van der Waals surface area contributed by atoms with Crippen LogP contribution >= 0.6 is 11.6 Å². The Labute approximate surface area is 276 Å². The molecule has 1 heterocycles. The molecule has 2 amide bonds. The Morgan fingerprint density at radius 3 is 2.09 bits per heavy atom. The second-order valence-corrected chi connectivity index (χ2v) is 12.1. The van der Waals surface area contributed by atoms with Crippen molar-refractivity contribution in [2.75, 3.05) is 6.54 Å². The van der Waals surface area contributed by atoms with Crippen LogP contribution < -0.4 is 5.32 Å². The maximum Gasteiger partial charge on any atom is 0.416 e. The normalized spacial score (nSPS) is 13.9. The molecule has 1 aliphatic rings. The van der Waals surface area contributed by atoms with E-state index < -0.39 is 23.6 Å². The van der Waals surface area contributed by atoms with Gasteiger partial charge in [-0.25, -0.2) is 0 Å². The molecule has 4 aromatic carbocycles. The molecule has 10 heteroatoms. The smallest absolute Gasteiger partial charge is 0.416 e. The Bertz CT molecular complexity index is 1740. The molecule has 6 nitrogen and oxygen atoms in total. The van der Waals surface area contributed by atoms with E-state index >= 15 is 0 Å². The first kappa shape index (κ1) is 33.7. The van der Waals surface area contributed by atoms with Gasteiger partial charge in [-0.1, -0.05) is 73.5 Å². The molecule has 5 rings (SSSR count). The second-order valence-electron chi connectivity index (χ2n) is 11.7. The number of carbonyl (C=O) groups is 3. The fraction of sp³-hybridized carbons (Fsp3) is 0.270. The van der Waals surface area contributed by atoms with E-state index in [4.69, 9.17) is 16.7 Å². The van der Waals surface area contributed by atoms with E-state index in [0.29, 0.717) is 35.7 Å². The Hall–Kier alpha value is -4.63. The first-order valence-electron chi connectivity index (χ1n) is 15.4. The molecular weight excluding hydrogens is 629 g/mol. The molecule has 0 spiro atoms. The summed E-state index contributed by atoms with van der Waals surface area (Å²) in [5, 5.41) is 12.0. The van der Waals surface area contributed by atoms with Gasteiger partial charge >= 0.3 is 12.1 Å². The Morgan fingerprint density at radius 2 is 1.47 bits per heavy atom. The summed E-state index contributed by atoms with van der Waals surface area (Å²) in [6.07, 6.45) is -3.09. The summed E-state index contributed by atoms with van der Waals surface area (Å²) >= 11 is 6.22. The van der Waals surface area contributed by atoms with Gasteiger partial charge in [0, 0.05) is 30.2 Å². The highest BCUT2D eigenvalue weighted by molar-refractivity contribution is 6.30. The van der Waals surface area contributed by atoms with Crippen molar-refractivity contribution in [3.8, 4) is 11.1 Å². The zero-order valence-electron chi connectivity index (χ0n) is 25.7. The quantitative estimate of drug-likeness (QED) is 0.169. The SMILES string of the molecule is CCCC(c1ccc(C(=O)NCCC(=O)O)cc1)C(C(=O)N1Cc2ccc(-c3ccc(C(F)(F)F)cc3)cc2C1)c1ccc(Cl)cc1. The number of nitrogens with zero attached hydrogens (tertiary/aromatic N) is 1. The molecule has 0 bridgehead atoms. The number of carboxylic acid groups (broad SMARTS) is 1. The van der Waals surface area contributed by atoms with Crippen molar-refractivity contribution in [1.29, 1.82) is 0 Å². The maximum atomic E-state index is 14.5. The van der Waals surface area contributed by atoms with Gasteiger partial charge in [0.1, 0.15) is 0 Å². The molecule has 1 aliphatic heterocycles. The summed E-state index contributed by atoms with van der Waals surface area (Å²) in [4.78, 5) is 39.7. The van der Waals surface area contributed by atoms with Crippen molar-refractivity contribution in [2.45, 2.75) is 57.3 Å². The van der Waals surface area contributed by atoms with Crippen LogP contribution in [0.3, 0.4) is 0 Å². The minimum Gasteiger partial charge on any atom is -0.481 e. The molecule has 0 saturated carbocycles. The number of halogens is 4. The predicted molar refractivity (Wildman–Crippen MR) is 174 cm³/mol. The van der Waals surface area contributed by atoms with E-state index in [0.717, 1.165) is 46.4 Å². The summed E-state index contributed by atoms with van der Waals surface area (Å²) in [7, 11) is 0. The van der Waals surface area contributed by atoms with Crippen LogP contribution in [0.2, 0.25) is 5.02 Å². The van der Waals surface area contributed by atoms with Gasteiger partial charge in [0.2, 0.25) is 5.91 Å².